The number of halogens is 1. The molecule has 0 amide bonds. The van der Waals surface area contributed by atoms with Gasteiger partial charge in [0.15, 0.2) is 5.79 Å². The van der Waals surface area contributed by atoms with Crippen molar-refractivity contribution in [1.29, 1.82) is 0 Å². The summed E-state index contributed by atoms with van der Waals surface area (Å²) in [6.07, 6.45) is 7.08. The summed E-state index contributed by atoms with van der Waals surface area (Å²) in [4.78, 5) is 6.93. The molecule has 5 rings (SSSR count). The summed E-state index contributed by atoms with van der Waals surface area (Å²) in [5.41, 5.74) is 2.52. The van der Waals surface area contributed by atoms with Gasteiger partial charge in [-0.05, 0) is 25.3 Å². The molecule has 0 unspecified atom stereocenters. The summed E-state index contributed by atoms with van der Waals surface area (Å²) in [5.74, 6) is -0.288. The summed E-state index contributed by atoms with van der Waals surface area (Å²) < 4.78 is 11.8. The number of anilines is 1. The molecular weight excluding hydrogens is 324 g/mol. The number of benzene rings is 1. The Balaban J connectivity index is 1.48. The third-order valence-electron chi connectivity index (χ3n) is 5.83. The van der Waals surface area contributed by atoms with Gasteiger partial charge in [0.1, 0.15) is 5.15 Å². The molecule has 1 aliphatic carbocycles. The predicted octanol–water partition coefficient (Wildman–Crippen LogP) is 3.94. The molecule has 2 aliphatic heterocycles. The van der Waals surface area contributed by atoms with Crippen LogP contribution in [-0.4, -0.2) is 36.6 Å². The minimum atomic E-state index is -0.288. The number of hydrogen-bond acceptors (Lipinski definition) is 4. The average Bonchev–Trinajstić information content (AvgIpc) is 3.07. The van der Waals surface area contributed by atoms with E-state index in [9.17, 15) is 0 Å². The maximum atomic E-state index is 6.36. The van der Waals surface area contributed by atoms with Crippen molar-refractivity contribution in [2.75, 3.05) is 24.7 Å². The van der Waals surface area contributed by atoms with E-state index >= 15 is 0 Å². The van der Waals surface area contributed by atoms with E-state index < -0.39 is 0 Å². The molecule has 1 aromatic carbocycles. The van der Waals surface area contributed by atoms with E-state index in [0.29, 0.717) is 11.2 Å². The van der Waals surface area contributed by atoms with Crippen LogP contribution < -0.4 is 4.90 Å². The molecule has 1 aromatic heterocycles. The molecule has 126 valence electrons. The SMILES string of the molecule is Clc1ncc2cccc3c2c1CCN3C1CCC2(CC1)OCCO2. The van der Waals surface area contributed by atoms with Crippen molar-refractivity contribution in [2.45, 2.75) is 43.9 Å². The van der Waals surface area contributed by atoms with Gasteiger partial charge in [-0.25, -0.2) is 4.98 Å². The van der Waals surface area contributed by atoms with Gasteiger partial charge >= 0.3 is 0 Å². The van der Waals surface area contributed by atoms with E-state index in [2.05, 4.69) is 28.1 Å². The standard InChI is InChI=1S/C19H21ClN2O2/c20-18-15-6-9-22(16-3-1-2-13(12-21-18)17(15)16)14-4-7-19(8-5-14)23-10-11-24-19/h1-3,12,14H,4-11H2. The second kappa shape index (κ2) is 5.58. The van der Waals surface area contributed by atoms with Gasteiger partial charge in [-0.3, -0.25) is 0 Å². The van der Waals surface area contributed by atoms with Gasteiger partial charge in [-0.2, -0.15) is 0 Å². The van der Waals surface area contributed by atoms with Gasteiger partial charge in [0.25, 0.3) is 0 Å². The first-order valence-electron chi connectivity index (χ1n) is 8.86. The predicted molar refractivity (Wildman–Crippen MR) is 94.7 cm³/mol. The van der Waals surface area contributed by atoms with Crippen molar-refractivity contribution in [3.05, 3.63) is 35.1 Å². The second-order valence-corrected chi connectivity index (χ2v) is 7.41. The molecule has 5 heteroatoms. The van der Waals surface area contributed by atoms with Crippen LogP contribution in [0.4, 0.5) is 5.69 Å². The Morgan fingerprint density at radius 1 is 1.17 bits per heavy atom. The van der Waals surface area contributed by atoms with E-state index in [-0.39, 0.29) is 5.79 Å². The largest absolute Gasteiger partial charge is 0.368 e. The monoisotopic (exact) mass is 344 g/mol. The fourth-order valence-corrected chi connectivity index (χ4v) is 4.88. The maximum Gasteiger partial charge on any atom is 0.168 e. The molecule has 24 heavy (non-hydrogen) atoms. The molecule has 1 spiro atoms. The lowest BCUT2D eigenvalue weighted by atomic mass is 9.87. The first-order chi connectivity index (χ1) is 11.8. The first kappa shape index (κ1) is 14.9. The third kappa shape index (κ3) is 2.24. The quantitative estimate of drug-likeness (QED) is 0.734. The molecule has 0 N–H and O–H groups in total. The van der Waals surface area contributed by atoms with E-state index in [0.717, 1.165) is 51.9 Å². The van der Waals surface area contributed by atoms with Crippen LogP contribution in [0.3, 0.4) is 0 Å². The van der Waals surface area contributed by atoms with Crippen LogP contribution in [0.5, 0.6) is 0 Å². The summed E-state index contributed by atoms with van der Waals surface area (Å²) in [7, 11) is 0. The van der Waals surface area contributed by atoms with Crippen LogP contribution in [0.15, 0.2) is 24.4 Å². The minimum absolute atomic E-state index is 0.288. The first-order valence-corrected chi connectivity index (χ1v) is 9.24. The Labute approximate surface area is 146 Å². The van der Waals surface area contributed by atoms with Gasteiger partial charge in [-0.15, -0.1) is 0 Å². The fraction of sp³-hybridized carbons (Fsp3) is 0.526. The average molecular weight is 345 g/mol. The van der Waals surface area contributed by atoms with Crippen molar-refractivity contribution in [3.8, 4) is 0 Å². The number of hydrogen-bond donors (Lipinski definition) is 0. The molecule has 3 aliphatic rings. The van der Waals surface area contributed by atoms with Crippen LogP contribution >= 0.6 is 11.6 Å². The van der Waals surface area contributed by atoms with Crippen LogP contribution in [0.25, 0.3) is 10.8 Å². The summed E-state index contributed by atoms with van der Waals surface area (Å²) >= 11 is 6.36. The van der Waals surface area contributed by atoms with E-state index in [4.69, 9.17) is 21.1 Å². The van der Waals surface area contributed by atoms with Crippen LogP contribution in [0.1, 0.15) is 31.2 Å². The zero-order valence-electron chi connectivity index (χ0n) is 13.6. The molecule has 0 bridgehead atoms. The number of ether oxygens (including phenoxy) is 2. The third-order valence-corrected chi connectivity index (χ3v) is 6.15. The van der Waals surface area contributed by atoms with E-state index in [1.807, 2.05) is 6.20 Å². The fourth-order valence-electron chi connectivity index (χ4n) is 4.64. The van der Waals surface area contributed by atoms with Crippen LogP contribution in [0.2, 0.25) is 5.15 Å². The second-order valence-electron chi connectivity index (χ2n) is 7.05. The smallest absolute Gasteiger partial charge is 0.168 e. The zero-order valence-corrected chi connectivity index (χ0v) is 14.4. The molecular formula is C19H21ClN2O2. The molecule has 2 fully saturated rings. The van der Waals surface area contributed by atoms with Gasteiger partial charge in [0.2, 0.25) is 0 Å². The number of aromatic nitrogens is 1. The lowest BCUT2D eigenvalue weighted by Gasteiger charge is -2.43. The van der Waals surface area contributed by atoms with E-state index in [1.54, 1.807) is 0 Å². The topological polar surface area (TPSA) is 34.6 Å². The molecule has 0 radical (unpaired) electrons. The van der Waals surface area contributed by atoms with Crippen molar-refractivity contribution < 1.29 is 9.47 Å². The summed E-state index contributed by atoms with van der Waals surface area (Å²) in [6, 6.07) is 7.04. The highest BCUT2D eigenvalue weighted by Gasteiger charge is 2.42. The molecule has 2 aromatic rings. The summed E-state index contributed by atoms with van der Waals surface area (Å²) in [5, 5.41) is 3.13. The Bertz CT molecular complexity index is 778. The normalized spacial score (nSPS) is 23.3. The highest BCUT2D eigenvalue weighted by atomic mass is 35.5. The number of nitrogens with zero attached hydrogens (tertiary/aromatic N) is 2. The van der Waals surface area contributed by atoms with Crippen molar-refractivity contribution >= 4 is 28.1 Å². The van der Waals surface area contributed by atoms with Crippen molar-refractivity contribution in [1.82, 2.24) is 4.98 Å². The summed E-state index contributed by atoms with van der Waals surface area (Å²) in [6.45, 7) is 2.50. The van der Waals surface area contributed by atoms with Crippen molar-refractivity contribution in [2.24, 2.45) is 0 Å². The number of pyridine rings is 1. The molecule has 3 heterocycles. The number of rotatable bonds is 1. The lowest BCUT2D eigenvalue weighted by Crippen LogP contribution is -2.46. The Hall–Kier alpha value is -1.36. The molecule has 4 nitrogen and oxygen atoms in total. The zero-order chi connectivity index (χ0) is 16.1. The Kier molecular flexibility index (Phi) is 3.47. The van der Waals surface area contributed by atoms with Gasteiger partial charge in [0, 0.05) is 53.6 Å². The molecule has 1 saturated heterocycles. The van der Waals surface area contributed by atoms with Crippen LogP contribution in [-0.2, 0) is 15.9 Å². The van der Waals surface area contributed by atoms with Crippen molar-refractivity contribution in [3.63, 3.8) is 0 Å². The minimum Gasteiger partial charge on any atom is -0.368 e. The van der Waals surface area contributed by atoms with Gasteiger partial charge < -0.3 is 14.4 Å². The maximum absolute atomic E-state index is 6.36. The van der Waals surface area contributed by atoms with Gasteiger partial charge in [0.05, 0.1) is 13.2 Å². The Morgan fingerprint density at radius 3 is 2.75 bits per heavy atom. The molecule has 0 atom stereocenters. The van der Waals surface area contributed by atoms with Crippen LogP contribution in [0, 0.1) is 0 Å². The van der Waals surface area contributed by atoms with Gasteiger partial charge in [-0.1, -0.05) is 23.7 Å². The Morgan fingerprint density at radius 2 is 1.96 bits per heavy atom. The lowest BCUT2D eigenvalue weighted by molar-refractivity contribution is -0.178. The highest BCUT2D eigenvalue weighted by Crippen LogP contribution is 2.42. The van der Waals surface area contributed by atoms with E-state index in [1.165, 1.54) is 22.0 Å². The highest BCUT2D eigenvalue weighted by molar-refractivity contribution is 6.31. The molecule has 1 saturated carbocycles.